The van der Waals surface area contributed by atoms with Crippen molar-refractivity contribution in [2.75, 3.05) is 20.1 Å². The number of nitrogens with one attached hydrogen (secondary N) is 1. The van der Waals surface area contributed by atoms with Crippen LogP contribution in [0.5, 0.6) is 0 Å². The SMILES string of the molecule is CCCCN(CCC(C)(NC)C(=O)O)C1CC1. The third-order valence-corrected chi connectivity index (χ3v) is 3.78. The Labute approximate surface area is 104 Å². The van der Waals surface area contributed by atoms with Crippen molar-refractivity contribution in [3.8, 4) is 0 Å². The van der Waals surface area contributed by atoms with Gasteiger partial charge in [-0.1, -0.05) is 13.3 Å². The van der Waals surface area contributed by atoms with Crippen LogP contribution in [0, 0.1) is 0 Å². The van der Waals surface area contributed by atoms with Gasteiger partial charge in [0, 0.05) is 12.6 Å². The number of nitrogens with zero attached hydrogens (tertiary/aromatic N) is 1. The zero-order chi connectivity index (χ0) is 12.9. The Morgan fingerprint density at radius 2 is 2.12 bits per heavy atom. The topological polar surface area (TPSA) is 52.6 Å². The summed E-state index contributed by atoms with van der Waals surface area (Å²) in [4.78, 5) is 13.6. The molecule has 0 radical (unpaired) electrons. The van der Waals surface area contributed by atoms with Gasteiger partial charge in [-0.25, -0.2) is 0 Å². The highest BCUT2D eigenvalue weighted by Crippen LogP contribution is 2.28. The number of hydrogen-bond donors (Lipinski definition) is 2. The zero-order valence-electron chi connectivity index (χ0n) is 11.3. The Bertz CT molecular complexity index is 254. The van der Waals surface area contributed by atoms with E-state index in [1.807, 2.05) is 0 Å². The van der Waals surface area contributed by atoms with Gasteiger partial charge in [-0.2, -0.15) is 0 Å². The van der Waals surface area contributed by atoms with Crippen LogP contribution in [-0.4, -0.2) is 47.7 Å². The summed E-state index contributed by atoms with van der Waals surface area (Å²) in [5.74, 6) is -0.758. The predicted octanol–water partition coefficient (Wildman–Crippen LogP) is 1.70. The van der Waals surface area contributed by atoms with Crippen LogP contribution in [0.4, 0.5) is 0 Å². The second-order valence-electron chi connectivity index (χ2n) is 5.26. The molecule has 100 valence electrons. The van der Waals surface area contributed by atoms with E-state index in [1.165, 1.54) is 25.7 Å². The van der Waals surface area contributed by atoms with Gasteiger partial charge in [-0.05, 0) is 46.2 Å². The first-order valence-corrected chi connectivity index (χ1v) is 6.70. The predicted molar refractivity (Wildman–Crippen MR) is 69.2 cm³/mol. The lowest BCUT2D eigenvalue weighted by atomic mass is 9.98. The number of aliphatic carboxylic acids is 1. The van der Waals surface area contributed by atoms with Gasteiger partial charge in [0.25, 0.3) is 0 Å². The van der Waals surface area contributed by atoms with Crippen LogP contribution in [0.25, 0.3) is 0 Å². The first-order valence-electron chi connectivity index (χ1n) is 6.70. The molecular weight excluding hydrogens is 216 g/mol. The molecule has 1 saturated carbocycles. The van der Waals surface area contributed by atoms with E-state index in [9.17, 15) is 9.90 Å². The van der Waals surface area contributed by atoms with Crippen molar-refractivity contribution in [3.05, 3.63) is 0 Å². The van der Waals surface area contributed by atoms with Crippen molar-refractivity contribution in [1.29, 1.82) is 0 Å². The molecule has 1 unspecified atom stereocenters. The van der Waals surface area contributed by atoms with Gasteiger partial charge >= 0.3 is 5.97 Å². The standard InChI is InChI=1S/C13H26N2O2/c1-4-5-9-15(11-6-7-11)10-8-13(2,14-3)12(16)17/h11,14H,4-10H2,1-3H3,(H,16,17). The fourth-order valence-corrected chi connectivity index (χ4v) is 1.98. The Kier molecular flexibility index (Phi) is 5.40. The first-order chi connectivity index (χ1) is 8.03. The molecule has 0 bridgehead atoms. The number of carboxylic acid groups (broad SMARTS) is 1. The summed E-state index contributed by atoms with van der Waals surface area (Å²) in [6.45, 7) is 5.95. The molecule has 0 amide bonds. The molecule has 4 heteroatoms. The van der Waals surface area contributed by atoms with E-state index in [0.29, 0.717) is 6.42 Å². The van der Waals surface area contributed by atoms with Gasteiger partial charge in [-0.15, -0.1) is 0 Å². The first kappa shape index (κ1) is 14.5. The Morgan fingerprint density at radius 1 is 1.47 bits per heavy atom. The Hall–Kier alpha value is -0.610. The van der Waals surface area contributed by atoms with E-state index in [4.69, 9.17) is 0 Å². The molecule has 1 aliphatic rings. The van der Waals surface area contributed by atoms with E-state index < -0.39 is 11.5 Å². The van der Waals surface area contributed by atoms with Crippen LogP contribution in [0.15, 0.2) is 0 Å². The fraction of sp³-hybridized carbons (Fsp3) is 0.923. The quantitative estimate of drug-likeness (QED) is 0.646. The fourth-order valence-electron chi connectivity index (χ4n) is 1.98. The molecule has 0 spiro atoms. The monoisotopic (exact) mass is 242 g/mol. The van der Waals surface area contributed by atoms with Gasteiger partial charge in [0.05, 0.1) is 0 Å². The van der Waals surface area contributed by atoms with E-state index in [1.54, 1.807) is 14.0 Å². The minimum absolute atomic E-state index is 0.666. The largest absolute Gasteiger partial charge is 0.480 e. The normalized spacial score (nSPS) is 19.3. The minimum Gasteiger partial charge on any atom is -0.480 e. The summed E-state index contributed by atoms with van der Waals surface area (Å²) in [6, 6.07) is 0.719. The molecule has 17 heavy (non-hydrogen) atoms. The van der Waals surface area contributed by atoms with Crippen LogP contribution in [-0.2, 0) is 4.79 Å². The molecule has 1 fully saturated rings. The highest BCUT2D eigenvalue weighted by Gasteiger charge is 2.34. The maximum Gasteiger partial charge on any atom is 0.323 e. The van der Waals surface area contributed by atoms with Crippen LogP contribution in [0.1, 0.15) is 46.0 Å². The van der Waals surface area contributed by atoms with Gasteiger partial charge in [-0.3, -0.25) is 4.79 Å². The third-order valence-electron chi connectivity index (χ3n) is 3.78. The molecular formula is C13H26N2O2. The van der Waals surface area contributed by atoms with Crippen LogP contribution < -0.4 is 5.32 Å². The van der Waals surface area contributed by atoms with Gasteiger partial charge in [0.15, 0.2) is 0 Å². The van der Waals surface area contributed by atoms with E-state index in [0.717, 1.165) is 19.1 Å². The van der Waals surface area contributed by atoms with E-state index >= 15 is 0 Å². The van der Waals surface area contributed by atoms with E-state index in [2.05, 4.69) is 17.1 Å². The molecule has 2 N–H and O–H groups in total. The summed E-state index contributed by atoms with van der Waals surface area (Å²) in [6.07, 6.45) is 5.64. The average molecular weight is 242 g/mol. The summed E-state index contributed by atoms with van der Waals surface area (Å²) < 4.78 is 0. The summed E-state index contributed by atoms with van der Waals surface area (Å²) in [7, 11) is 1.72. The molecule has 1 atom stereocenters. The van der Waals surface area contributed by atoms with Crippen LogP contribution in [0.3, 0.4) is 0 Å². The lowest BCUT2D eigenvalue weighted by molar-refractivity contribution is -0.144. The molecule has 1 aliphatic carbocycles. The number of unbranched alkanes of at least 4 members (excludes halogenated alkanes) is 1. The number of likely N-dealkylation sites (N-methyl/N-ethyl adjacent to an activating group) is 1. The average Bonchev–Trinajstić information content (AvgIpc) is 3.12. The smallest absolute Gasteiger partial charge is 0.323 e. The molecule has 0 saturated heterocycles. The highest BCUT2D eigenvalue weighted by molar-refractivity contribution is 5.78. The molecule has 0 aromatic rings. The Balaban J connectivity index is 2.41. The van der Waals surface area contributed by atoms with Crippen molar-refractivity contribution in [3.63, 3.8) is 0 Å². The minimum atomic E-state index is -0.792. The second-order valence-corrected chi connectivity index (χ2v) is 5.26. The molecule has 0 aliphatic heterocycles. The van der Waals surface area contributed by atoms with Crippen LogP contribution >= 0.6 is 0 Å². The number of carbonyl (C=O) groups is 1. The van der Waals surface area contributed by atoms with Gasteiger partial charge < -0.3 is 15.3 Å². The lowest BCUT2D eigenvalue weighted by Gasteiger charge is -2.29. The molecule has 0 aromatic carbocycles. The van der Waals surface area contributed by atoms with Crippen molar-refractivity contribution in [2.24, 2.45) is 0 Å². The van der Waals surface area contributed by atoms with Crippen molar-refractivity contribution in [1.82, 2.24) is 10.2 Å². The maximum atomic E-state index is 11.2. The number of hydrogen-bond acceptors (Lipinski definition) is 3. The van der Waals surface area contributed by atoms with E-state index in [-0.39, 0.29) is 0 Å². The molecule has 1 rings (SSSR count). The summed E-state index contributed by atoms with van der Waals surface area (Å²) in [5.41, 5.74) is -0.792. The molecule has 0 aromatic heterocycles. The summed E-state index contributed by atoms with van der Waals surface area (Å²) >= 11 is 0. The molecule has 4 nitrogen and oxygen atoms in total. The zero-order valence-corrected chi connectivity index (χ0v) is 11.3. The summed E-state index contributed by atoms with van der Waals surface area (Å²) in [5, 5.41) is 12.1. The van der Waals surface area contributed by atoms with Gasteiger partial charge in [0.1, 0.15) is 5.54 Å². The third kappa shape index (κ3) is 4.28. The molecule has 0 heterocycles. The second kappa shape index (κ2) is 6.36. The van der Waals surface area contributed by atoms with Crippen molar-refractivity contribution in [2.45, 2.75) is 57.5 Å². The maximum absolute atomic E-state index is 11.2. The van der Waals surface area contributed by atoms with Gasteiger partial charge in [0.2, 0.25) is 0 Å². The van der Waals surface area contributed by atoms with Crippen molar-refractivity contribution < 1.29 is 9.90 Å². The number of carboxylic acids is 1. The van der Waals surface area contributed by atoms with Crippen LogP contribution in [0.2, 0.25) is 0 Å². The van der Waals surface area contributed by atoms with Crippen molar-refractivity contribution >= 4 is 5.97 Å². The Morgan fingerprint density at radius 3 is 2.53 bits per heavy atom. The lowest BCUT2D eigenvalue weighted by Crippen LogP contribution is -2.49. The highest BCUT2D eigenvalue weighted by atomic mass is 16.4. The number of rotatable bonds is 9.